The molecule has 0 unspecified atom stereocenters. The molecule has 1 N–H and O–H groups in total. The lowest BCUT2D eigenvalue weighted by Crippen LogP contribution is -2.46. The topological polar surface area (TPSA) is 44.3 Å². The number of benzene rings is 1. The molecule has 1 saturated heterocycles. The van der Waals surface area contributed by atoms with E-state index in [-0.39, 0.29) is 0 Å². The highest BCUT2D eigenvalue weighted by molar-refractivity contribution is 5.62. The molecule has 1 fully saturated rings. The summed E-state index contributed by atoms with van der Waals surface area (Å²) in [7, 11) is 0. The van der Waals surface area contributed by atoms with Crippen LogP contribution in [0.5, 0.6) is 0 Å². The molecule has 23 heavy (non-hydrogen) atoms. The summed E-state index contributed by atoms with van der Waals surface area (Å²) in [5, 5.41) is 3.42. The van der Waals surface area contributed by atoms with Crippen molar-refractivity contribution in [2.75, 3.05) is 42.9 Å². The van der Waals surface area contributed by atoms with Gasteiger partial charge < -0.3 is 15.1 Å². The Morgan fingerprint density at radius 3 is 2.48 bits per heavy atom. The number of para-hydroxylation sites is 1. The van der Waals surface area contributed by atoms with Gasteiger partial charge in [0, 0.05) is 37.9 Å². The second kappa shape index (κ2) is 6.96. The minimum Gasteiger partial charge on any atom is -0.354 e. The molecule has 0 bridgehead atoms. The predicted molar refractivity (Wildman–Crippen MR) is 95.6 cm³/mol. The largest absolute Gasteiger partial charge is 0.354 e. The minimum absolute atomic E-state index is 0.802. The molecule has 3 rings (SSSR count). The summed E-state index contributed by atoms with van der Waals surface area (Å²) in [6.07, 6.45) is 0. The molecule has 2 aromatic rings. The quantitative estimate of drug-likeness (QED) is 0.940. The zero-order valence-corrected chi connectivity index (χ0v) is 14.2. The van der Waals surface area contributed by atoms with E-state index in [1.165, 1.54) is 5.56 Å². The van der Waals surface area contributed by atoms with Gasteiger partial charge in [-0.05, 0) is 32.0 Å². The van der Waals surface area contributed by atoms with Crippen molar-refractivity contribution >= 4 is 17.3 Å². The summed E-state index contributed by atoms with van der Waals surface area (Å²) in [6.45, 7) is 11.6. The highest BCUT2D eigenvalue weighted by atomic mass is 15.3. The van der Waals surface area contributed by atoms with Gasteiger partial charge in [0.25, 0.3) is 0 Å². The monoisotopic (exact) mass is 311 g/mol. The molecule has 2 heterocycles. The van der Waals surface area contributed by atoms with Crippen molar-refractivity contribution in [3.8, 4) is 0 Å². The number of piperazine rings is 1. The third-order valence-electron chi connectivity index (χ3n) is 4.38. The minimum atomic E-state index is 0.802. The van der Waals surface area contributed by atoms with Crippen molar-refractivity contribution in [2.45, 2.75) is 20.8 Å². The Labute approximate surface area is 138 Å². The molecule has 0 amide bonds. The second-order valence-electron chi connectivity index (χ2n) is 6.02. The molecule has 1 aromatic carbocycles. The van der Waals surface area contributed by atoms with Crippen molar-refractivity contribution in [1.82, 2.24) is 14.9 Å². The number of aromatic nitrogens is 2. The maximum atomic E-state index is 4.63. The molecular weight excluding hydrogens is 286 g/mol. The van der Waals surface area contributed by atoms with E-state index in [1.807, 2.05) is 19.1 Å². The molecule has 122 valence electrons. The molecule has 0 atom stereocenters. The van der Waals surface area contributed by atoms with Crippen molar-refractivity contribution in [3.63, 3.8) is 0 Å². The normalized spacial score (nSPS) is 15.7. The van der Waals surface area contributed by atoms with Gasteiger partial charge in [-0.25, -0.2) is 9.97 Å². The summed E-state index contributed by atoms with van der Waals surface area (Å²) in [5.74, 6) is 2.68. The SMILES string of the molecule is CCN1CCN(c2cc(Nc3ccccc3C)nc(C)n2)CC1. The fourth-order valence-electron chi connectivity index (χ4n) is 2.92. The Morgan fingerprint density at radius 1 is 1.04 bits per heavy atom. The Kier molecular flexibility index (Phi) is 4.76. The Balaban J connectivity index is 1.78. The lowest BCUT2D eigenvalue weighted by atomic mass is 10.2. The molecule has 1 aliphatic heterocycles. The van der Waals surface area contributed by atoms with E-state index in [4.69, 9.17) is 0 Å². The van der Waals surface area contributed by atoms with Gasteiger partial charge in [0.05, 0.1) is 0 Å². The smallest absolute Gasteiger partial charge is 0.136 e. The molecular formula is C18H25N5. The van der Waals surface area contributed by atoms with Crippen molar-refractivity contribution < 1.29 is 0 Å². The van der Waals surface area contributed by atoms with Gasteiger partial charge in [-0.15, -0.1) is 0 Å². The molecule has 1 aromatic heterocycles. The van der Waals surface area contributed by atoms with Gasteiger partial charge in [-0.1, -0.05) is 25.1 Å². The van der Waals surface area contributed by atoms with Crippen LogP contribution in [0.25, 0.3) is 0 Å². The number of hydrogen-bond acceptors (Lipinski definition) is 5. The number of nitrogens with one attached hydrogen (secondary N) is 1. The summed E-state index contributed by atoms with van der Waals surface area (Å²) >= 11 is 0. The van der Waals surface area contributed by atoms with Crippen LogP contribution in [0.1, 0.15) is 18.3 Å². The Bertz CT molecular complexity index is 662. The fraction of sp³-hybridized carbons (Fsp3) is 0.444. The predicted octanol–water partition coefficient (Wildman–Crippen LogP) is 2.98. The highest BCUT2D eigenvalue weighted by Crippen LogP contribution is 2.22. The van der Waals surface area contributed by atoms with Crippen LogP contribution in [-0.2, 0) is 0 Å². The third kappa shape index (κ3) is 3.79. The molecule has 0 spiro atoms. The van der Waals surface area contributed by atoms with Gasteiger partial charge in [0.1, 0.15) is 17.5 Å². The number of rotatable bonds is 4. The zero-order chi connectivity index (χ0) is 16.2. The molecule has 0 saturated carbocycles. The first-order chi connectivity index (χ1) is 11.2. The lowest BCUT2D eigenvalue weighted by Gasteiger charge is -2.34. The molecule has 5 nitrogen and oxygen atoms in total. The van der Waals surface area contributed by atoms with E-state index in [0.717, 1.165) is 55.9 Å². The Hall–Kier alpha value is -2.14. The van der Waals surface area contributed by atoms with E-state index in [1.54, 1.807) is 0 Å². The Morgan fingerprint density at radius 2 is 1.78 bits per heavy atom. The number of hydrogen-bond donors (Lipinski definition) is 1. The molecule has 1 aliphatic rings. The van der Waals surface area contributed by atoms with Gasteiger partial charge in [0.2, 0.25) is 0 Å². The first kappa shape index (κ1) is 15.7. The van der Waals surface area contributed by atoms with E-state index in [9.17, 15) is 0 Å². The van der Waals surface area contributed by atoms with Gasteiger partial charge in [-0.2, -0.15) is 0 Å². The molecule has 5 heteroatoms. The highest BCUT2D eigenvalue weighted by Gasteiger charge is 2.17. The van der Waals surface area contributed by atoms with Crippen molar-refractivity contribution in [1.29, 1.82) is 0 Å². The summed E-state index contributed by atoms with van der Waals surface area (Å²) in [5.41, 5.74) is 2.30. The zero-order valence-electron chi connectivity index (χ0n) is 14.2. The first-order valence-electron chi connectivity index (χ1n) is 8.31. The average Bonchev–Trinajstić information content (AvgIpc) is 2.56. The van der Waals surface area contributed by atoms with Gasteiger partial charge >= 0.3 is 0 Å². The first-order valence-corrected chi connectivity index (χ1v) is 8.31. The van der Waals surface area contributed by atoms with Crippen LogP contribution in [0.15, 0.2) is 30.3 Å². The van der Waals surface area contributed by atoms with Crippen LogP contribution in [0, 0.1) is 13.8 Å². The van der Waals surface area contributed by atoms with Crippen LogP contribution < -0.4 is 10.2 Å². The third-order valence-corrected chi connectivity index (χ3v) is 4.38. The molecule has 0 radical (unpaired) electrons. The van der Waals surface area contributed by atoms with Crippen LogP contribution >= 0.6 is 0 Å². The second-order valence-corrected chi connectivity index (χ2v) is 6.02. The van der Waals surface area contributed by atoms with Crippen LogP contribution in [-0.4, -0.2) is 47.6 Å². The van der Waals surface area contributed by atoms with E-state index >= 15 is 0 Å². The average molecular weight is 311 g/mol. The number of aryl methyl sites for hydroxylation is 2. The van der Waals surface area contributed by atoms with Gasteiger partial charge in [-0.3, -0.25) is 0 Å². The van der Waals surface area contributed by atoms with E-state index < -0.39 is 0 Å². The maximum absolute atomic E-state index is 4.63. The summed E-state index contributed by atoms with van der Waals surface area (Å²) in [4.78, 5) is 14.0. The van der Waals surface area contributed by atoms with E-state index in [2.05, 4.69) is 57.1 Å². The van der Waals surface area contributed by atoms with Gasteiger partial charge in [0.15, 0.2) is 0 Å². The number of likely N-dealkylation sites (N-methyl/N-ethyl adjacent to an activating group) is 1. The number of nitrogens with zero attached hydrogens (tertiary/aromatic N) is 4. The van der Waals surface area contributed by atoms with Crippen molar-refractivity contribution in [2.24, 2.45) is 0 Å². The van der Waals surface area contributed by atoms with Crippen molar-refractivity contribution in [3.05, 3.63) is 41.7 Å². The van der Waals surface area contributed by atoms with E-state index in [0.29, 0.717) is 0 Å². The van der Waals surface area contributed by atoms with Crippen LogP contribution in [0.2, 0.25) is 0 Å². The summed E-state index contributed by atoms with van der Waals surface area (Å²) < 4.78 is 0. The summed E-state index contributed by atoms with van der Waals surface area (Å²) in [6, 6.07) is 10.3. The van der Waals surface area contributed by atoms with Crippen LogP contribution in [0.3, 0.4) is 0 Å². The molecule has 0 aliphatic carbocycles. The lowest BCUT2D eigenvalue weighted by molar-refractivity contribution is 0.270. The standard InChI is InChI=1S/C18H25N5/c1-4-22-9-11-23(12-10-22)18-13-17(19-15(3)20-18)21-16-8-6-5-7-14(16)2/h5-8,13H,4,9-12H2,1-3H3,(H,19,20,21). The van der Waals surface area contributed by atoms with Crippen LogP contribution in [0.4, 0.5) is 17.3 Å². The maximum Gasteiger partial charge on any atom is 0.136 e. The fourth-order valence-corrected chi connectivity index (χ4v) is 2.92. The number of anilines is 3.